The third-order valence-corrected chi connectivity index (χ3v) is 4.59. The second-order valence-electron chi connectivity index (χ2n) is 6.25. The fourth-order valence-corrected chi connectivity index (χ4v) is 3.20. The Morgan fingerprint density at radius 3 is 2.20 bits per heavy atom. The number of carbonyl (C=O) groups excluding carboxylic acids is 1. The lowest BCUT2D eigenvalue weighted by atomic mass is 10.0. The molecule has 0 unspecified atom stereocenters. The molecule has 0 heterocycles. The number of hydrogen-bond donors (Lipinski definition) is 2. The zero-order valence-electron chi connectivity index (χ0n) is 13.9. The van der Waals surface area contributed by atoms with Gasteiger partial charge in [-0.15, -0.1) is 0 Å². The number of nitrogens with one attached hydrogen (secondary N) is 1. The molecule has 0 aliphatic heterocycles. The van der Waals surface area contributed by atoms with Crippen molar-refractivity contribution in [1.82, 2.24) is 0 Å². The average molecular weight is 332 g/mol. The number of hydrogen-bond acceptors (Lipinski definition) is 3. The van der Waals surface area contributed by atoms with Crippen LogP contribution < -0.4 is 5.32 Å². The second kappa shape index (κ2) is 7.67. The Morgan fingerprint density at radius 1 is 1.00 bits per heavy atom. The lowest BCUT2D eigenvalue weighted by Gasteiger charge is -2.11. The van der Waals surface area contributed by atoms with Gasteiger partial charge in [0.1, 0.15) is 11.8 Å². The summed E-state index contributed by atoms with van der Waals surface area (Å²) in [6.45, 7) is 0. The quantitative estimate of drug-likeness (QED) is 0.479. The van der Waals surface area contributed by atoms with E-state index in [2.05, 4.69) is 5.32 Å². The van der Waals surface area contributed by atoms with Crippen molar-refractivity contribution in [1.29, 1.82) is 5.26 Å². The second-order valence-corrected chi connectivity index (χ2v) is 6.25. The van der Waals surface area contributed by atoms with Gasteiger partial charge in [0.25, 0.3) is 5.91 Å². The predicted octanol–water partition coefficient (Wildman–Crippen LogP) is 4.82. The standard InChI is InChI=1S/C21H20N2O2/c22-14-19(20(24)17-8-4-5-9-17)21(25)23-18-12-10-16(11-13-18)15-6-2-1-3-7-15/h1-3,6-7,10-13,17,24H,4-5,8-9H2,(H,23,25)/b20-19-. The highest BCUT2D eigenvalue weighted by molar-refractivity contribution is 6.07. The van der Waals surface area contributed by atoms with E-state index >= 15 is 0 Å². The van der Waals surface area contributed by atoms with Crippen molar-refractivity contribution < 1.29 is 9.90 Å². The monoisotopic (exact) mass is 332 g/mol. The van der Waals surface area contributed by atoms with E-state index in [4.69, 9.17) is 0 Å². The highest BCUT2D eigenvalue weighted by Crippen LogP contribution is 2.31. The van der Waals surface area contributed by atoms with Gasteiger partial charge in [-0.2, -0.15) is 5.26 Å². The van der Waals surface area contributed by atoms with Crippen LogP contribution in [-0.4, -0.2) is 11.0 Å². The van der Waals surface area contributed by atoms with Gasteiger partial charge in [0.15, 0.2) is 5.57 Å². The number of benzene rings is 2. The summed E-state index contributed by atoms with van der Waals surface area (Å²) in [5.41, 5.74) is 2.55. The summed E-state index contributed by atoms with van der Waals surface area (Å²) in [6, 6.07) is 19.2. The van der Waals surface area contributed by atoms with Gasteiger partial charge in [-0.3, -0.25) is 4.79 Å². The number of aliphatic hydroxyl groups is 1. The van der Waals surface area contributed by atoms with Gasteiger partial charge in [0, 0.05) is 11.6 Å². The molecule has 126 valence electrons. The van der Waals surface area contributed by atoms with E-state index in [0.717, 1.165) is 36.8 Å². The molecule has 0 bridgehead atoms. The molecule has 0 saturated heterocycles. The molecule has 2 aromatic carbocycles. The van der Waals surface area contributed by atoms with Crippen LogP contribution in [0.2, 0.25) is 0 Å². The number of nitriles is 1. The predicted molar refractivity (Wildman–Crippen MR) is 97.7 cm³/mol. The van der Waals surface area contributed by atoms with E-state index in [0.29, 0.717) is 5.69 Å². The maximum atomic E-state index is 12.3. The molecule has 25 heavy (non-hydrogen) atoms. The van der Waals surface area contributed by atoms with Gasteiger partial charge in [-0.1, -0.05) is 55.3 Å². The molecular formula is C21H20N2O2. The molecule has 1 aliphatic carbocycles. The van der Waals surface area contributed by atoms with Gasteiger partial charge in [0.2, 0.25) is 0 Å². The molecule has 0 radical (unpaired) electrons. The largest absolute Gasteiger partial charge is 0.510 e. The molecule has 3 rings (SSSR count). The number of nitrogens with zero attached hydrogens (tertiary/aromatic N) is 1. The zero-order chi connectivity index (χ0) is 17.6. The molecular weight excluding hydrogens is 312 g/mol. The molecule has 4 nitrogen and oxygen atoms in total. The van der Waals surface area contributed by atoms with Crippen molar-refractivity contribution >= 4 is 11.6 Å². The summed E-state index contributed by atoms with van der Waals surface area (Å²) >= 11 is 0. The fraction of sp³-hybridized carbons (Fsp3) is 0.238. The van der Waals surface area contributed by atoms with Crippen LogP contribution in [0, 0.1) is 17.2 Å². The summed E-state index contributed by atoms with van der Waals surface area (Å²) in [5, 5.41) is 22.2. The average Bonchev–Trinajstić information content (AvgIpc) is 3.18. The third kappa shape index (κ3) is 3.89. The Balaban J connectivity index is 1.74. The maximum absolute atomic E-state index is 12.3. The van der Waals surface area contributed by atoms with Gasteiger partial charge in [-0.05, 0) is 36.1 Å². The van der Waals surface area contributed by atoms with E-state index in [1.807, 2.05) is 48.5 Å². The van der Waals surface area contributed by atoms with Crippen LogP contribution in [0.25, 0.3) is 11.1 Å². The molecule has 4 heteroatoms. The number of anilines is 1. The summed E-state index contributed by atoms with van der Waals surface area (Å²) < 4.78 is 0. The Labute approximate surface area is 147 Å². The van der Waals surface area contributed by atoms with Crippen molar-refractivity contribution in [2.45, 2.75) is 25.7 Å². The Morgan fingerprint density at radius 2 is 1.60 bits per heavy atom. The normalized spacial score (nSPS) is 15.3. The molecule has 1 amide bonds. The van der Waals surface area contributed by atoms with Gasteiger partial charge in [0.05, 0.1) is 0 Å². The third-order valence-electron chi connectivity index (χ3n) is 4.59. The van der Waals surface area contributed by atoms with Crippen LogP contribution in [0.15, 0.2) is 65.9 Å². The van der Waals surface area contributed by atoms with Crippen LogP contribution in [0.5, 0.6) is 0 Å². The highest BCUT2D eigenvalue weighted by atomic mass is 16.3. The first-order chi connectivity index (χ1) is 12.2. The van der Waals surface area contributed by atoms with Crippen molar-refractivity contribution in [2.75, 3.05) is 5.32 Å². The zero-order valence-corrected chi connectivity index (χ0v) is 13.9. The SMILES string of the molecule is N#C/C(C(=O)Nc1ccc(-c2ccccc2)cc1)=C(/O)C1CCCC1. The summed E-state index contributed by atoms with van der Waals surface area (Å²) in [5.74, 6) is -0.696. The van der Waals surface area contributed by atoms with Gasteiger partial charge >= 0.3 is 0 Å². The van der Waals surface area contributed by atoms with Crippen LogP contribution in [-0.2, 0) is 4.79 Å². The minimum absolute atomic E-state index is 0.0687. The number of rotatable bonds is 4. The summed E-state index contributed by atoms with van der Waals surface area (Å²) in [7, 11) is 0. The topological polar surface area (TPSA) is 73.1 Å². The minimum atomic E-state index is -0.556. The molecule has 1 saturated carbocycles. The highest BCUT2D eigenvalue weighted by Gasteiger charge is 2.25. The van der Waals surface area contributed by atoms with E-state index < -0.39 is 5.91 Å². The number of aliphatic hydroxyl groups excluding tert-OH is 1. The summed E-state index contributed by atoms with van der Waals surface area (Å²) in [6.07, 6.45) is 3.71. The first-order valence-corrected chi connectivity index (χ1v) is 8.49. The van der Waals surface area contributed by atoms with Gasteiger partial charge < -0.3 is 10.4 Å². The molecule has 0 aromatic heterocycles. The fourth-order valence-electron chi connectivity index (χ4n) is 3.20. The number of carbonyl (C=O) groups is 1. The lowest BCUT2D eigenvalue weighted by molar-refractivity contribution is -0.112. The van der Waals surface area contributed by atoms with Crippen molar-refractivity contribution in [3.05, 3.63) is 65.9 Å². The smallest absolute Gasteiger partial charge is 0.269 e. The van der Waals surface area contributed by atoms with E-state index in [1.165, 1.54) is 0 Å². The Hall–Kier alpha value is -3.06. The molecule has 2 N–H and O–H groups in total. The lowest BCUT2D eigenvalue weighted by Crippen LogP contribution is -2.17. The van der Waals surface area contributed by atoms with Crippen molar-refractivity contribution in [3.63, 3.8) is 0 Å². The van der Waals surface area contributed by atoms with Crippen molar-refractivity contribution in [3.8, 4) is 17.2 Å². The summed E-state index contributed by atoms with van der Waals surface area (Å²) in [4.78, 5) is 12.3. The molecule has 0 atom stereocenters. The minimum Gasteiger partial charge on any atom is -0.510 e. The first kappa shape index (κ1) is 16.8. The molecule has 2 aromatic rings. The van der Waals surface area contributed by atoms with Crippen LogP contribution in [0.1, 0.15) is 25.7 Å². The Kier molecular flexibility index (Phi) is 5.15. The van der Waals surface area contributed by atoms with Crippen molar-refractivity contribution in [2.24, 2.45) is 5.92 Å². The van der Waals surface area contributed by atoms with Gasteiger partial charge in [-0.25, -0.2) is 0 Å². The van der Waals surface area contributed by atoms with E-state index in [1.54, 1.807) is 12.1 Å². The number of allylic oxidation sites excluding steroid dienone is 1. The van der Waals surface area contributed by atoms with Crippen LogP contribution in [0.3, 0.4) is 0 Å². The molecule has 1 fully saturated rings. The van der Waals surface area contributed by atoms with E-state index in [9.17, 15) is 15.2 Å². The number of amides is 1. The van der Waals surface area contributed by atoms with Crippen LogP contribution in [0.4, 0.5) is 5.69 Å². The maximum Gasteiger partial charge on any atom is 0.269 e. The Bertz CT molecular complexity index is 811. The van der Waals surface area contributed by atoms with Crippen LogP contribution >= 0.6 is 0 Å². The molecule has 0 spiro atoms. The van der Waals surface area contributed by atoms with E-state index in [-0.39, 0.29) is 17.3 Å². The first-order valence-electron chi connectivity index (χ1n) is 8.49. The molecule has 1 aliphatic rings.